The van der Waals surface area contributed by atoms with Gasteiger partial charge in [0.1, 0.15) is 40.7 Å². The molecule has 4 amide bonds. The summed E-state index contributed by atoms with van der Waals surface area (Å²) in [6.07, 6.45) is -2.30. The van der Waals surface area contributed by atoms with Gasteiger partial charge < -0.3 is 24.8 Å². The van der Waals surface area contributed by atoms with Crippen LogP contribution in [-0.2, 0) is 30.8 Å². The van der Waals surface area contributed by atoms with Crippen molar-refractivity contribution in [2.24, 2.45) is 17.8 Å². The summed E-state index contributed by atoms with van der Waals surface area (Å²) >= 11 is 0. The summed E-state index contributed by atoms with van der Waals surface area (Å²) in [5, 5.41) is 14.7. The minimum Gasteiger partial charge on any atom is -0.477 e. The lowest BCUT2D eigenvalue weighted by Crippen LogP contribution is -2.66. The average Bonchev–Trinajstić information content (AvgIpc) is 4.11. The summed E-state index contributed by atoms with van der Waals surface area (Å²) in [5.41, 5.74) is -4.02. The summed E-state index contributed by atoms with van der Waals surface area (Å²) in [7, 11) is -4.51. The number of nitrogens with zero attached hydrogens (tertiary/aromatic N) is 3. The van der Waals surface area contributed by atoms with Gasteiger partial charge in [-0.25, -0.2) is 17.6 Å². The van der Waals surface area contributed by atoms with Gasteiger partial charge in [-0.3, -0.25) is 24.0 Å². The van der Waals surface area contributed by atoms with Gasteiger partial charge in [0.05, 0.1) is 13.2 Å². The largest absolute Gasteiger partial charge is 0.477 e. The quantitative estimate of drug-likeness (QED) is 0.205. The first kappa shape index (κ1) is 44.4. The fourth-order valence-corrected chi connectivity index (χ4v) is 10.6. The Labute approximate surface area is 351 Å². The number of rotatable bonds is 9. The van der Waals surface area contributed by atoms with Crippen molar-refractivity contribution in [3.05, 3.63) is 42.0 Å². The van der Waals surface area contributed by atoms with E-state index in [9.17, 15) is 45.5 Å². The Morgan fingerprint density at radius 3 is 2.49 bits per heavy atom. The number of amides is 4. The van der Waals surface area contributed by atoms with Crippen molar-refractivity contribution < 1.29 is 59.7 Å². The van der Waals surface area contributed by atoms with Gasteiger partial charge in [-0.15, -0.1) is 0 Å². The molecule has 19 heteroatoms. The number of carboxylic acid groups (broad SMARTS) is 1. The molecule has 1 saturated heterocycles. The second-order valence-corrected chi connectivity index (χ2v) is 19.9. The van der Waals surface area contributed by atoms with Crippen LogP contribution in [-0.4, -0.2) is 112 Å². The molecule has 4 heterocycles. The topological polar surface area (TPSA) is 185 Å². The van der Waals surface area contributed by atoms with Crippen molar-refractivity contribution in [3.8, 4) is 11.8 Å². The second-order valence-electron chi connectivity index (χ2n) is 17.9. The van der Waals surface area contributed by atoms with Gasteiger partial charge in [0, 0.05) is 23.3 Å². The standard InChI is InChI=1S/C42H53F4N5O9S/c1-5-25-19-24(2)11-6-7-12-26-21-41(26,37(54)49-61(57,58)40(23-43)16-17-40)48-33(52)31-20-27(22-50(31)36(53)32(25)51(38(55)56)39(3,4)42(44,45)46)60-35-30-14-9-8-13-28(30)29-15-10-18-59-34(29)47-35/h7-9,12-14,24-27,31-32H,5-6,10-11,15-23H2,1-4H3,(H,48,52)(H,49,54)(H,55,56)/t24-,25+,26+,27+,31-,32-,41+/m0/s1. The first-order valence-electron chi connectivity index (χ1n) is 20.9. The summed E-state index contributed by atoms with van der Waals surface area (Å²) < 4.78 is 97.6. The third-order valence-corrected chi connectivity index (χ3v) is 15.5. The van der Waals surface area contributed by atoms with Gasteiger partial charge in [-0.2, -0.15) is 18.2 Å². The van der Waals surface area contributed by atoms with E-state index in [0.717, 1.165) is 22.3 Å². The van der Waals surface area contributed by atoms with Crippen molar-refractivity contribution >= 4 is 44.6 Å². The number of alkyl halides is 4. The molecule has 61 heavy (non-hydrogen) atoms. The maximum atomic E-state index is 15.2. The summed E-state index contributed by atoms with van der Waals surface area (Å²) in [6.45, 7) is 3.72. The van der Waals surface area contributed by atoms with E-state index in [1.807, 2.05) is 23.8 Å². The third kappa shape index (κ3) is 8.10. The van der Waals surface area contributed by atoms with Gasteiger partial charge in [0.2, 0.25) is 33.6 Å². The molecule has 0 spiro atoms. The van der Waals surface area contributed by atoms with Crippen LogP contribution in [0.4, 0.5) is 22.4 Å². The highest BCUT2D eigenvalue weighted by Crippen LogP contribution is 2.48. The number of aromatic nitrogens is 1. The molecule has 3 aliphatic heterocycles. The first-order chi connectivity index (χ1) is 28.7. The van der Waals surface area contributed by atoms with E-state index >= 15 is 4.79 Å². The number of allylic oxidation sites excluding steroid dienone is 1. The number of hydrogen-bond acceptors (Lipinski definition) is 9. The zero-order chi connectivity index (χ0) is 44.3. The van der Waals surface area contributed by atoms with E-state index in [-0.39, 0.29) is 61.8 Å². The molecule has 3 N–H and O–H groups in total. The monoisotopic (exact) mass is 879 g/mol. The first-order valence-corrected chi connectivity index (χ1v) is 22.4. The fraction of sp³-hybridized carbons (Fsp3) is 0.643. The van der Waals surface area contributed by atoms with Crippen molar-refractivity contribution in [1.29, 1.82) is 0 Å². The van der Waals surface area contributed by atoms with E-state index in [1.165, 1.54) is 0 Å². The van der Waals surface area contributed by atoms with E-state index in [1.54, 1.807) is 31.2 Å². The van der Waals surface area contributed by atoms with E-state index < -0.39 is 92.5 Å². The average molecular weight is 880 g/mol. The highest BCUT2D eigenvalue weighted by Gasteiger charge is 2.64. The predicted molar refractivity (Wildman–Crippen MR) is 214 cm³/mol. The van der Waals surface area contributed by atoms with E-state index in [2.05, 4.69) is 10.3 Å². The molecule has 0 radical (unpaired) electrons. The molecule has 0 unspecified atom stereocenters. The van der Waals surface area contributed by atoms with Crippen LogP contribution in [0, 0.1) is 17.8 Å². The maximum absolute atomic E-state index is 15.2. The molecular formula is C42H53F4N5O9S. The Hall–Kier alpha value is -4.68. The second kappa shape index (κ2) is 16.2. The van der Waals surface area contributed by atoms with Crippen molar-refractivity contribution in [1.82, 2.24) is 24.8 Å². The number of sulfonamides is 1. The Morgan fingerprint density at radius 2 is 1.85 bits per heavy atom. The molecule has 3 fully saturated rings. The van der Waals surface area contributed by atoms with Crippen LogP contribution in [0.1, 0.15) is 91.0 Å². The smallest absolute Gasteiger partial charge is 0.411 e. The van der Waals surface area contributed by atoms with E-state index in [4.69, 9.17) is 9.47 Å². The Kier molecular flexibility index (Phi) is 11.8. The molecular weight excluding hydrogens is 827 g/mol. The Bertz CT molecular complexity index is 2220. The predicted octanol–water partition coefficient (Wildman–Crippen LogP) is 5.82. The number of nitrogens with one attached hydrogen (secondary N) is 2. The van der Waals surface area contributed by atoms with Crippen LogP contribution in [0.25, 0.3) is 10.8 Å². The number of carbonyl (C=O) groups is 4. The molecule has 7 rings (SSSR count). The molecule has 14 nitrogen and oxygen atoms in total. The Morgan fingerprint density at radius 1 is 1.15 bits per heavy atom. The fourth-order valence-electron chi connectivity index (χ4n) is 9.22. The molecule has 7 atom stereocenters. The summed E-state index contributed by atoms with van der Waals surface area (Å²) in [5.74, 6) is -4.45. The normalized spacial score (nSPS) is 29.1. The molecule has 1 aromatic carbocycles. The molecule has 334 valence electrons. The maximum Gasteiger partial charge on any atom is 0.411 e. The number of carbonyl (C=O) groups excluding carboxylic acids is 3. The summed E-state index contributed by atoms with van der Waals surface area (Å²) in [4.78, 5) is 62.9. The van der Waals surface area contributed by atoms with Crippen molar-refractivity contribution in [2.45, 2.75) is 132 Å². The van der Waals surface area contributed by atoms with Gasteiger partial charge >= 0.3 is 12.3 Å². The summed E-state index contributed by atoms with van der Waals surface area (Å²) in [6, 6.07) is 3.85. The van der Waals surface area contributed by atoms with Crippen LogP contribution >= 0.6 is 0 Å². The van der Waals surface area contributed by atoms with Crippen molar-refractivity contribution in [3.63, 3.8) is 0 Å². The zero-order valence-electron chi connectivity index (χ0n) is 34.6. The van der Waals surface area contributed by atoms with Crippen LogP contribution in [0.5, 0.6) is 11.8 Å². The van der Waals surface area contributed by atoms with Crippen molar-refractivity contribution in [2.75, 3.05) is 19.8 Å². The van der Waals surface area contributed by atoms with Crippen LogP contribution in [0.3, 0.4) is 0 Å². The van der Waals surface area contributed by atoms with Gasteiger partial charge in [0.25, 0.3) is 5.91 Å². The Balaban J connectivity index is 1.31. The van der Waals surface area contributed by atoms with Gasteiger partial charge in [0.15, 0.2) is 0 Å². The molecule has 2 saturated carbocycles. The minimum absolute atomic E-state index is 0.00639. The number of halogens is 4. The van der Waals surface area contributed by atoms with Crippen LogP contribution in [0.2, 0.25) is 0 Å². The number of aryl methyl sites for hydroxylation is 1. The number of benzene rings is 1. The zero-order valence-corrected chi connectivity index (χ0v) is 35.4. The highest BCUT2D eigenvalue weighted by atomic mass is 32.2. The van der Waals surface area contributed by atoms with Crippen LogP contribution in [0.15, 0.2) is 36.4 Å². The van der Waals surface area contributed by atoms with E-state index in [0.29, 0.717) is 51.0 Å². The number of pyridine rings is 1. The highest BCUT2D eigenvalue weighted by molar-refractivity contribution is 7.91. The van der Waals surface area contributed by atoms with Crippen LogP contribution < -0.4 is 19.5 Å². The molecule has 2 aliphatic carbocycles. The minimum atomic E-state index is -5.12. The molecule has 5 aliphatic rings. The molecule has 0 bridgehead atoms. The lowest BCUT2D eigenvalue weighted by molar-refractivity contribution is -0.222. The molecule has 1 aromatic heterocycles. The lowest BCUT2D eigenvalue weighted by Gasteiger charge is -2.46. The number of fused-ring (bicyclic) bond motifs is 5. The lowest BCUT2D eigenvalue weighted by atomic mass is 9.82. The SMILES string of the molecule is CC[C@@H]1C[C@@H](C)CCC=C[C@@H]2C[C@@]2(C(=O)NS(=O)(=O)C2(CF)CC2)NC(=O)[C@@H]2C[C@@H](Oc3nc4c(c5ccccc35)CCCO4)CN2C(=O)[C@H]1N(C(=O)O)C(C)(C)C(F)(F)F. The van der Waals surface area contributed by atoms with Gasteiger partial charge in [-0.05, 0) is 88.5 Å². The molecule has 2 aromatic rings. The number of ether oxygens (including phenoxy) is 2. The third-order valence-electron chi connectivity index (χ3n) is 13.4. The van der Waals surface area contributed by atoms with Gasteiger partial charge in [-0.1, -0.05) is 50.6 Å². The number of hydrogen-bond donors (Lipinski definition) is 3.